The molecule has 0 bridgehead atoms. The molecular formula is C27H33F3N2O5. The molecule has 3 heterocycles. The Labute approximate surface area is 214 Å². The second-order valence-electron chi connectivity index (χ2n) is 11.0. The summed E-state index contributed by atoms with van der Waals surface area (Å²) in [4.78, 5) is 37.3. The lowest BCUT2D eigenvalue weighted by atomic mass is 9.71. The summed E-state index contributed by atoms with van der Waals surface area (Å²) in [6.07, 6.45) is 2.82. The Morgan fingerprint density at radius 1 is 0.784 bits per heavy atom. The monoisotopic (exact) mass is 522 g/mol. The van der Waals surface area contributed by atoms with Gasteiger partial charge < -0.3 is 19.7 Å². The number of carbonyl (C=O) groups is 3. The first kappa shape index (κ1) is 26.2. The van der Waals surface area contributed by atoms with Gasteiger partial charge in [-0.1, -0.05) is 0 Å². The van der Waals surface area contributed by atoms with Crippen molar-refractivity contribution in [2.24, 2.45) is 10.8 Å². The molecule has 0 atom stereocenters. The fraction of sp³-hybridized carbons (Fsp3) is 0.667. The molecule has 3 saturated heterocycles. The van der Waals surface area contributed by atoms with Crippen LogP contribution in [0.25, 0.3) is 0 Å². The molecule has 2 amide bonds. The zero-order valence-corrected chi connectivity index (χ0v) is 20.8. The smallest absolute Gasteiger partial charge is 0.356 e. The normalized spacial score (nSPS) is 26.0. The van der Waals surface area contributed by atoms with E-state index in [-0.39, 0.29) is 28.8 Å². The van der Waals surface area contributed by atoms with Crippen LogP contribution in [0.3, 0.4) is 0 Å². The van der Waals surface area contributed by atoms with Gasteiger partial charge in [0.05, 0.1) is 29.6 Å². The molecule has 2 saturated carbocycles. The Morgan fingerprint density at radius 2 is 1.41 bits per heavy atom. The summed E-state index contributed by atoms with van der Waals surface area (Å²) < 4.78 is 49.1. The molecule has 5 aliphatic rings. The maximum atomic E-state index is 12.7. The number of hydrogen-bond donors (Lipinski definition) is 1. The van der Waals surface area contributed by atoms with Gasteiger partial charge in [0.1, 0.15) is 5.78 Å². The molecule has 1 aromatic carbocycles. The van der Waals surface area contributed by atoms with Gasteiger partial charge in [0.15, 0.2) is 5.79 Å². The molecule has 1 N–H and O–H groups in total. The Kier molecular flexibility index (Phi) is 6.85. The molecule has 202 valence electrons. The molecule has 0 radical (unpaired) electrons. The van der Waals surface area contributed by atoms with E-state index in [1.807, 2.05) is 0 Å². The summed E-state index contributed by atoms with van der Waals surface area (Å²) in [6.45, 7) is 2.75. The summed E-state index contributed by atoms with van der Waals surface area (Å²) in [7, 11) is 0. The highest BCUT2D eigenvalue weighted by Gasteiger charge is 2.51. The van der Waals surface area contributed by atoms with Gasteiger partial charge in [-0.25, -0.2) is 0 Å². The van der Waals surface area contributed by atoms with Crippen molar-refractivity contribution in [2.75, 3.05) is 31.2 Å². The average Bonchev–Trinajstić information content (AvgIpc) is 3.57. The number of amides is 2. The lowest BCUT2D eigenvalue weighted by Gasteiger charge is -2.39. The van der Waals surface area contributed by atoms with Crippen LogP contribution in [0.2, 0.25) is 0 Å². The van der Waals surface area contributed by atoms with Gasteiger partial charge in [-0.05, 0) is 62.8 Å². The molecule has 3 spiro atoms. The van der Waals surface area contributed by atoms with E-state index in [0.717, 1.165) is 50.8 Å². The number of nitrogens with one attached hydrogen (secondary N) is 1. The number of benzene rings is 1. The number of nitrogens with zero attached hydrogens (tertiary/aromatic N) is 1. The van der Waals surface area contributed by atoms with Crippen molar-refractivity contribution in [3.05, 3.63) is 29.8 Å². The number of Topliss-reactive ketones (excluding diaryl/α,β-unsaturated/α-hetero) is 1. The predicted octanol–water partition coefficient (Wildman–Crippen LogP) is 4.38. The van der Waals surface area contributed by atoms with E-state index in [9.17, 15) is 27.6 Å². The third kappa shape index (κ3) is 5.02. The first-order valence-corrected chi connectivity index (χ1v) is 13.1. The number of halogens is 3. The van der Waals surface area contributed by atoms with Crippen LogP contribution < -0.4 is 10.2 Å². The topological polar surface area (TPSA) is 84.9 Å². The molecule has 6 rings (SSSR count). The first-order valence-electron chi connectivity index (χ1n) is 13.1. The van der Waals surface area contributed by atoms with Gasteiger partial charge in [-0.2, -0.15) is 13.2 Å². The average molecular weight is 523 g/mol. The van der Waals surface area contributed by atoms with Gasteiger partial charge in [0.2, 0.25) is 11.8 Å². The lowest BCUT2D eigenvalue weighted by Crippen LogP contribution is -2.43. The van der Waals surface area contributed by atoms with E-state index >= 15 is 0 Å². The minimum Gasteiger partial charge on any atom is -0.356 e. The maximum Gasteiger partial charge on any atom is 0.416 e. The van der Waals surface area contributed by atoms with E-state index < -0.39 is 17.2 Å². The molecule has 0 aromatic heterocycles. The van der Waals surface area contributed by atoms with Crippen LogP contribution >= 0.6 is 0 Å². The van der Waals surface area contributed by atoms with Crippen molar-refractivity contribution >= 4 is 23.3 Å². The maximum absolute atomic E-state index is 12.7. The lowest BCUT2D eigenvalue weighted by molar-refractivity contribution is -0.191. The summed E-state index contributed by atoms with van der Waals surface area (Å²) in [5.41, 5.74) is -0.815. The van der Waals surface area contributed by atoms with Gasteiger partial charge in [-0.3, -0.25) is 14.4 Å². The number of rotatable bonds is 1. The minimum absolute atomic E-state index is 0.0558. The van der Waals surface area contributed by atoms with Crippen LogP contribution in [0.15, 0.2) is 24.3 Å². The molecule has 3 aliphatic heterocycles. The fourth-order valence-corrected chi connectivity index (χ4v) is 6.46. The third-order valence-electron chi connectivity index (χ3n) is 8.94. The predicted molar refractivity (Wildman–Crippen MR) is 127 cm³/mol. The molecule has 10 heteroatoms. The van der Waals surface area contributed by atoms with E-state index in [4.69, 9.17) is 9.47 Å². The van der Waals surface area contributed by atoms with E-state index in [1.54, 1.807) is 4.90 Å². The second kappa shape index (κ2) is 9.69. The van der Waals surface area contributed by atoms with E-state index in [0.29, 0.717) is 57.6 Å². The molecule has 7 nitrogen and oxygen atoms in total. The minimum atomic E-state index is -4.38. The second-order valence-corrected chi connectivity index (χ2v) is 11.0. The highest BCUT2D eigenvalue weighted by atomic mass is 19.4. The van der Waals surface area contributed by atoms with E-state index in [2.05, 4.69) is 5.32 Å². The Balaban J connectivity index is 0.000000162. The SMILES string of the molecule is O=C1CCC2(CC1)CCN(c1ccc(C(F)(F)F)cc1)C2=O.O=C1NCCC12CCC1(CC2)OCCO1. The van der Waals surface area contributed by atoms with Crippen LogP contribution in [0.1, 0.15) is 69.8 Å². The number of ether oxygens (including phenoxy) is 2. The van der Waals surface area contributed by atoms with Crippen molar-refractivity contribution in [1.82, 2.24) is 5.32 Å². The zero-order chi connectivity index (χ0) is 26.3. The summed E-state index contributed by atoms with van der Waals surface area (Å²) in [5.74, 6) is 0.0372. The molecule has 1 aromatic rings. The summed E-state index contributed by atoms with van der Waals surface area (Å²) >= 11 is 0. The van der Waals surface area contributed by atoms with Crippen LogP contribution in [-0.4, -0.2) is 49.7 Å². The molecule has 2 aliphatic carbocycles. The number of alkyl halides is 3. The first-order chi connectivity index (χ1) is 17.6. The van der Waals surface area contributed by atoms with Gasteiger partial charge >= 0.3 is 6.18 Å². The Hall–Kier alpha value is -2.46. The number of carbonyl (C=O) groups excluding carboxylic acids is 3. The van der Waals surface area contributed by atoms with Crippen LogP contribution in [-0.2, 0) is 30.0 Å². The van der Waals surface area contributed by atoms with Crippen molar-refractivity contribution in [2.45, 2.75) is 76.2 Å². The molecule has 0 unspecified atom stereocenters. The zero-order valence-electron chi connectivity index (χ0n) is 20.8. The Morgan fingerprint density at radius 3 is 1.95 bits per heavy atom. The van der Waals surface area contributed by atoms with Gasteiger partial charge in [0, 0.05) is 44.5 Å². The van der Waals surface area contributed by atoms with E-state index in [1.165, 1.54) is 12.1 Å². The standard InChI is InChI=1S/C16H16F3NO2.C11H17NO3/c17-16(18,19)11-1-3-12(4-2-11)20-10-9-15(14(20)22)7-5-13(21)6-8-15;13-9-10(5-6-12-9)1-3-11(4-2-10)14-7-8-15-11/h1-4H,5-10H2;1-8H2,(H,12,13). The third-order valence-corrected chi connectivity index (χ3v) is 8.94. The van der Waals surface area contributed by atoms with Crippen LogP contribution in [0, 0.1) is 10.8 Å². The fourth-order valence-electron chi connectivity index (χ4n) is 6.46. The molecular weight excluding hydrogens is 489 g/mol. The Bertz CT molecular complexity index is 1030. The quantitative estimate of drug-likeness (QED) is 0.592. The van der Waals surface area contributed by atoms with Gasteiger partial charge in [-0.15, -0.1) is 0 Å². The largest absolute Gasteiger partial charge is 0.416 e. The molecule has 5 fully saturated rings. The summed E-state index contributed by atoms with van der Waals surface area (Å²) in [6, 6.07) is 4.68. The van der Waals surface area contributed by atoms with Crippen molar-refractivity contribution in [1.29, 1.82) is 0 Å². The number of hydrogen-bond acceptors (Lipinski definition) is 5. The van der Waals surface area contributed by atoms with Crippen molar-refractivity contribution < 1.29 is 37.0 Å². The van der Waals surface area contributed by atoms with Crippen molar-refractivity contribution in [3.8, 4) is 0 Å². The van der Waals surface area contributed by atoms with Crippen LogP contribution in [0.4, 0.5) is 18.9 Å². The highest BCUT2D eigenvalue weighted by Crippen LogP contribution is 2.48. The summed E-state index contributed by atoms with van der Waals surface area (Å²) in [5, 5.41) is 2.94. The number of ketones is 1. The molecule has 37 heavy (non-hydrogen) atoms. The number of anilines is 1. The highest BCUT2D eigenvalue weighted by molar-refractivity contribution is 6.01. The van der Waals surface area contributed by atoms with Gasteiger partial charge in [0.25, 0.3) is 0 Å². The van der Waals surface area contributed by atoms with Crippen molar-refractivity contribution in [3.63, 3.8) is 0 Å². The van der Waals surface area contributed by atoms with Crippen LogP contribution in [0.5, 0.6) is 0 Å².